The molecule has 31 heavy (non-hydrogen) atoms. The summed E-state index contributed by atoms with van der Waals surface area (Å²) < 4.78 is 10.9. The number of carbonyl (C=O) groups is 3. The predicted molar refractivity (Wildman–Crippen MR) is 116 cm³/mol. The van der Waals surface area contributed by atoms with E-state index < -0.39 is 29.1 Å². The topological polar surface area (TPSA) is 105 Å². The molecule has 0 atom stereocenters. The molecule has 1 aromatic heterocycles. The lowest BCUT2D eigenvalue weighted by Gasteiger charge is -2.52. The molecule has 2 aliphatic rings. The van der Waals surface area contributed by atoms with E-state index in [9.17, 15) is 14.4 Å². The van der Waals surface area contributed by atoms with Crippen molar-refractivity contribution in [2.24, 2.45) is 0 Å². The van der Waals surface area contributed by atoms with Crippen molar-refractivity contribution in [1.82, 2.24) is 14.9 Å². The first-order chi connectivity index (χ1) is 14.6. The Morgan fingerprint density at radius 2 is 1.94 bits per heavy atom. The smallest absolute Gasteiger partial charge is 0.417 e. The number of imide groups is 1. The summed E-state index contributed by atoms with van der Waals surface area (Å²) in [5.41, 5.74) is -1.01. The van der Waals surface area contributed by atoms with E-state index in [4.69, 9.17) is 21.7 Å². The average Bonchev–Trinajstić information content (AvgIpc) is 2.69. The molecule has 0 bridgehead atoms. The molecule has 1 aliphatic carbocycles. The van der Waals surface area contributed by atoms with Gasteiger partial charge in [0, 0.05) is 6.20 Å². The second-order valence-electron chi connectivity index (χ2n) is 9.00. The summed E-state index contributed by atoms with van der Waals surface area (Å²) in [5.74, 6) is -0.516. The number of rotatable bonds is 3. The molecule has 2 fully saturated rings. The van der Waals surface area contributed by atoms with E-state index in [0.717, 1.165) is 32.1 Å². The number of hydrogen-bond donors (Lipinski definition) is 1. The number of H-pyrrole nitrogens is 1. The maximum Gasteiger partial charge on any atom is 0.417 e. The molecule has 1 aromatic rings. The van der Waals surface area contributed by atoms with Crippen LogP contribution in [0, 0.1) is 4.77 Å². The predicted octanol–water partition coefficient (Wildman–Crippen LogP) is 3.60. The van der Waals surface area contributed by atoms with Gasteiger partial charge >= 0.3 is 12.1 Å². The summed E-state index contributed by atoms with van der Waals surface area (Å²) in [4.78, 5) is 48.5. The fraction of sp³-hybridized carbons (Fsp3) is 0.667. The molecule has 0 radical (unpaired) electrons. The minimum absolute atomic E-state index is 0.0824. The van der Waals surface area contributed by atoms with Crippen LogP contribution in [0.2, 0.25) is 0 Å². The SMILES string of the molecule is CCOC(=O)c1cnc(=S)[nH]c1N1CC(=O)N(C(=O)OC(C)(C)C)CC12CCCCC2. The zero-order valence-corrected chi connectivity index (χ0v) is 19.3. The Hall–Kier alpha value is -2.49. The van der Waals surface area contributed by atoms with Crippen LogP contribution in [-0.2, 0) is 14.3 Å². The molecular formula is C21H30N4O5S. The average molecular weight is 451 g/mol. The van der Waals surface area contributed by atoms with Crippen LogP contribution in [0.5, 0.6) is 0 Å². The molecule has 1 aliphatic heterocycles. The molecule has 1 spiro atoms. The minimum Gasteiger partial charge on any atom is -0.462 e. The van der Waals surface area contributed by atoms with Crippen molar-refractivity contribution in [3.8, 4) is 0 Å². The van der Waals surface area contributed by atoms with Crippen molar-refractivity contribution in [3.05, 3.63) is 16.5 Å². The Bertz CT molecular complexity index is 917. The molecule has 170 valence electrons. The van der Waals surface area contributed by atoms with Gasteiger partial charge in [0.25, 0.3) is 5.91 Å². The Morgan fingerprint density at radius 3 is 2.55 bits per heavy atom. The van der Waals surface area contributed by atoms with Gasteiger partial charge in [0.2, 0.25) is 0 Å². The highest BCUT2D eigenvalue weighted by Gasteiger charge is 2.49. The number of aromatic amines is 1. The fourth-order valence-corrected chi connectivity index (χ4v) is 4.40. The van der Waals surface area contributed by atoms with Gasteiger partial charge in [0.05, 0.1) is 25.2 Å². The number of piperazine rings is 1. The molecule has 2 amide bonds. The van der Waals surface area contributed by atoms with Gasteiger partial charge < -0.3 is 19.4 Å². The van der Waals surface area contributed by atoms with Gasteiger partial charge in [-0.3, -0.25) is 4.79 Å². The summed E-state index contributed by atoms with van der Waals surface area (Å²) in [5, 5.41) is 0. The number of ether oxygens (including phenoxy) is 2. The summed E-state index contributed by atoms with van der Waals surface area (Å²) in [6.07, 6.45) is 5.26. The van der Waals surface area contributed by atoms with Gasteiger partial charge in [-0.2, -0.15) is 0 Å². The third kappa shape index (κ3) is 5.06. The van der Waals surface area contributed by atoms with E-state index in [2.05, 4.69) is 9.97 Å². The monoisotopic (exact) mass is 450 g/mol. The number of carbonyl (C=O) groups excluding carboxylic acids is 3. The second kappa shape index (κ2) is 8.94. The molecule has 9 nitrogen and oxygen atoms in total. The molecule has 1 saturated heterocycles. The zero-order valence-electron chi connectivity index (χ0n) is 18.5. The Morgan fingerprint density at radius 1 is 1.26 bits per heavy atom. The van der Waals surface area contributed by atoms with Gasteiger partial charge in [-0.25, -0.2) is 19.5 Å². The van der Waals surface area contributed by atoms with Crippen LogP contribution in [0.1, 0.15) is 70.2 Å². The lowest BCUT2D eigenvalue weighted by molar-refractivity contribution is -0.132. The van der Waals surface area contributed by atoms with E-state index >= 15 is 0 Å². The second-order valence-corrected chi connectivity index (χ2v) is 9.39. The number of nitrogens with zero attached hydrogens (tertiary/aromatic N) is 3. The van der Waals surface area contributed by atoms with E-state index in [1.165, 1.54) is 11.1 Å². The molecular weight excluding hydrogens is 420 g/mol. The standard InChI is InChI=1S/C21H30N4O5S/c1-5-29-17(27)14-11-22-18(31)23-16(14)25-12-15(26)24(19(28)30-20(2,3)4)13-21(25)9-7-6-8-10-21/h11H,5-10,12-13H2,1-4H3,(H,22,23,31). The number of hydrogen-bond acceptors (Lipinski definition) is 8. The number of amides is 2. The van der Waals surface area contributed by atoms with Crippen LogP contribution in [-0.4, -0.2) is 63.7 Å². The van der Waals surface area contributed by atoms with E-state index in [1.54, 1.807) is 27.7 Å². The van der Waals surface area contributed by atoms with Crippen molar-refractivity contribution in [2.75, 3.05) is 24.6 Å². The normalized spacial score (nSPS) is 18.8. The number of esters is 1. The third-order valence-electron chi connectivity index (χ3n) is 5.57. The molecule has 0 unspecified atom stereocenters. The zero-order chi connectivity index (χ0) is 22.8. The molecule has 1 N–H and O–H groups in total. The van der Waals surface area contributed by atoms with Gasteiger partial charge in [-0.05, 0) is 52.8 Å². The van der Waals surface area contributed by atoms with Crippen molar-refractivity contribution in [3.63, 3.8) is 0 Å². The first kappa shape index (κ1) is 23.2. The summed E-state index contributed by atoms with van der Waals surface area (Å²) in [7, 11) is 0. The van der Waals surface area contributed by atoms with Crippen molar-refractivity contribution in [2.45, 2.75) is 70.9 Å². The lowest BCUT2D eigenvalue weighted by Crippen LogP contribution is -2.67. The highest BCUT2D eigenvalue weighted by molar-refractivity contribution is 7.71. The molecule has 10 heteroatoms. The number of aromatic nitrogens is 2. The van der Waals surface area contributed by atoms with E-state index in [1.807, 2.05) is 4.90 Å². The summed E-state index contributed by atoms with van der Waals surface area (Å²) >= 11 is 5.21. The Kier molecular flexibility index (Phi) is 6.68. The van der Waals surface area contributed by atoms with Crippen LogP contribution in [0.25, 0.3) is 0 Å². The van der Waals surface area contributed by atoms with E-state index in [-0.39, 0.29) is 30.0 Å². The van der Waals surface area contributed by atoms with Crippen LogP contribution >= 0.6 is 12.2 Å². The fourth-order valence-electron chi connectivity index (χ4n) is 4.25. The van der Waals surface area contributed by atoms with Crippen LogP contribution in [0.15, 0.2) is 6.20 Å². The third-order valence-corrected chi connectivity index (χ3v) is 5.78. The van der Waals surface area contributed by atoms with Gasteiger partial charge in [-0.15, -0.1) is 0 Å². The van der Waals surface area contributed by atoms with Crippen molar-refractivity contribution in [1.29, 1.82) is 0 Å². The van der Waals surface area contributed by atoms with Crippen LogP contribution in [0.4, 0.5) is 10.6 Å². The Balaban J connectivity index is 2.03. The molecule has 3 rings (SSSR count). The largest absolute Gasteiger partial charge is 0.462 e. The Labute approximate surface area is 187 Å². The number of nitrogens with one attached hydrogen (secondary N) is 1. The van der Waals surface area contributed by atoms with Crippen molar-refractivity contribution < 1.29 is 23.9 Å². The first-order valence-corrected chi connectivity index (χ1v) is 11.0. The molecule has 1 saturated carbocycles. The van der Waals surface area contributed by atoms with Gasteiger partial charge in [-0.1, -0.05) is 19.3 Å². The van der Waals surface area contributed by atoms with Crippen molar-refractivity contribution >= 4 is 36.0 Å². The van der Waals surface area contributed by atoms with Crippen LogP contribution in [0.3, 0.4) is 0 Å². The first-order valence-electron chi connectivity index (χ1n) is 10.6. The van der Waals surface area contributed by atoms with Crippen LogP contribution < -0.4 is 4.90 Å². The maximum absolute atomic E-state index is 13.0. The highest BCUT2D eigenvalue weighted by Crippen LogP contribution is 2.40. The van der Waals surface area contributed by atoms with Gasteiger partial charge in [0.1, 0.15) is 17.0 Å². The maximum atomic E-state index is 13.0. The highest BCUT2D eigenvalue weighted by atomic mass is 32.1. The minimum atomic E-state index is -0.707. The number of anilines is 1. The quantitative estimate of drug-likeness (QED) is 0.550. The summed E-state index contributed by atoms with van der Waals surface area (Å²) in [6, 6.07) is 0. The summed E-state index contributed by atoms with van der Waals surface area (Å²) in [6.45, 7) is 7.35. The van der Waals surface area contributed by atoms with Gasteiger partial charge in [0.15, 0.2) is 4.77 Å². The molecule has 0 aromatic carbocycles. The lowest BCUT2D eigenvalue weighted by atomic mass is 9.78. The van der Waals surface area contributed by atoms with E-state index in [0.29, 0.717) is 5.82 Å². The molecule has 2 heterocycles.